The molecule has 2 saturated carbocycles. The molecule has 2 aliphatic carbocycles. The van der Waals surface area contributed by atoms with Crippen LogP contribution in [0, 0.1) is 0 Å². The third-order valence-electron chi connectivity index (χ3n) is 7.37. The predicted molar refractivity (Wildman–Crippen MR) is 127 cm³/mol. The predicted octanol–water partition coefficient (Wildman–Crippen LogP) is 4.14. The lowest BCUT2D eigenvalue weighted by Gasteiger charge is -2.19. The van der Waals surface area contributed by atoms with Gasteiger partial charge in [0.25, 0.3) is 0 Å². The van der Waals surface area contributed by atoms with Crippen LogP contribution in [-0.4, -0.2) is 44.4 Å². The van der Waals surface area contributed by atoms with Crippen molar-refractivity contribution in [1.29, 1.82) is 0 Å². The Hall–Kier alpha value is -3.22. The van der Waals surface area contributed by atoms with E-state index in [0.29, 0.717) is 30.5 Å². The maximum atomic E-state index is 13.7. The van der Waals surface area contributed by atoms with Gasteiger partial charge in [0.2, 0.25) is 0 Å². The van der Waals surface area contributed by atoms with Gasteiger partial charge >= 0.3 is 11.9 Å². The van der Waals surface area contributed by atoms with Crippen LogP contribution in [0.4, 0.5) is 13.2 Å². The van der Waals surface area contributed by atoms with Crippen LogP contribution in [-0.2, 0) is 20.9 Å². The van der Waals surface area contributed by atoms with Crippen molar-refractivity contribution in [2.24, 2.45) is 5.16 Å². The average molecular weight is 536 g/mol. The zero-order valence-corrected chi connectivity index (χ0v) is 20.8. The van der Waals surface area contributed by atoms with Crippen molar-refractivity contribution in [3.63, 3.8) is 0 Å². The van der Waals surface area contributed by atoms with Crippen LogP contribution in [0.25, 0.3) is 17.0 Å². The summed E-state index contributed by atoms with van der Waals surface area (Å²) in [5.41, 5.74) is -1.46. The number of fused-ring (bicyclic) bond motifs is 1. The van der Waals surface area contributed by atoms with Gasteiger partial charge in [-0.25, -0.2) is 18.2 Å². The number of imidazole rings is 1. The van der Waals surface area contributed by atoms with Gasteiger partial charge < -0.3 is 4.84 Å². The number of alkyl halides is 3. The minimum atomic E-state index is -4.74. The van der Waals surface area contributed by atoms with Crippen LogP contribution in [0.1, 0.15) is 69.2 Å². The highest BCUT2D eigenvalue weighted by Gasteiger charge is 2.43. The van der Waals surface area contributed by atoms with E-state index in [9.17, 15) is 26.4 Å². The molecule has 196 valence electrons. The fourth-order valence-electron chi connectivity index (χ4n) is 5.23. The van der Waals surface area contributed by atoms with Crippen LogP contribution >= 0.6 is 0 Å². The molecule has 2 fully saturated rings. The van der Waals surface area contributed by atoms with Gasteiger partial charge in [-0.3, -0.25) is 14.0 Å². The summed E-state index contributed by atoms with van der Waals surface area (Å²) < 4.78 is 69.1. The van der Waals surface area contributed by atoms with E-state index >= 15 is 0 Å². The molecule has 0 atom stereocenters. The molecule has 13 heteroatoms. The lowest BCUT2D eigenvalue weighted by Crippen LogP contribution is -2.31. The first-order valence-electron chi connectivity index (χ1n) is 12.2. The topological polar surface area (TPSA) is 108 Å². The minimum Gasteiger partial charge on any atom is -0.389 e. The lowest BCUT2D eigenvalue weighted by molar-refractivity contribution is -0.144. The second kappa shape index (κ2) is 8.14. The summed E-state index contributed by atoms with van der Waals surface area (Å²) >= 11 is 0. The normalized spacial score (nSPS) is 19.5. The van der Waals surface area contributed by atoms with Crippen LogP contribution in [0.3, 0.4) is 0 Å². The molecule has 3 aromatic heterocycles. The molecule has 1 spiro atoms. The molecule has 1 aliphatic heterocycles. The molecule has 0 radical (unpaired) electrons. The molecule has 9 nitrogen and oxygen atoms in total. The smallest absolute Gasteiger partial charge is 0.389 e. The highest BCUT2D eigenvalue weighted by Crippen LogP contribution is 2.42. The summed E-state index contributed by atoms with van der Waals surface area (Å²) in [5.74, 6) is -0.224. The summed E-state index contributed by atoms with van der Waals surface area (Å²) in [4.78, 5) is 27.2. The number of hydrogen-bond donors (Lipinski definition) is 0. The number of rotatable bonds is 5. The molecular formula is C24H24F3N5O4S. The summed E-state index contributed by atoms with van der Waals surface area (Å²) in [6.45, 7) is 1.49. The monoisotopic (exact) mass is 535 g/mol. The summed E-state index contributed by atoms with van der Waals surface area (Å²) in [6.07, 6.45) is 3.33. The van der Waals surface area contributed by atoms with E-state index in [1.807, 2.05) is 0 Å². The highest BCUT2D eigenvalue weighted by atomic mass is 32.2. The molecule has 0 saturated heterocycles. The van der Waals surface area contributed by atoms with E-state index in [0.717, 1.165) is 40.7 Å². The Morgan fingerprint density at radius 3 is 2.57 bits per heavy atom. The number of oxime groups is 1. The van der Waals surface area contributed by atoms with Crippen molar-refractivity contribution in [2.45, 2.75) is 74.6 Å². The van der Waals surface area contributed by atoms with Crippen molar-refractivity contribution in [2.75, 3.05) is 5.75 Å². The van der Waals surface area contributed by atoms with E-state index in [4.69, 9.17) is 4.84 Å². The molecule has 0 aromatic carbocycles. The van der Waals surface area contributed by atoms with Crippen LogP contribution in [0.2, 0.25) is 0 Å². The van der Waals surface area contributed by atoms with Gasteiger partial charge in [-0.1, -0.05) is 12.1 Å². The summed E-state index contributed by atoms with van der Waals surface area (Å²) in [5, 5.41) is 4.22. The van der Waals surface area contributed by atoms with Crippen molar-refractivity contribution < 1.29 is 26.4 Å². The molecule has 0 amide bonds. The van der Waals surface area contributed by atoms with Gasteiger partial charge in [0, 0.05) is 36.5 Å². The second-order valence-corrected chi connectivity index (χ2v) is 12.2. The molecule has 4 heterocycles. The SMILES string of the molecule is CCS(=O)(=O)c1cc(C2=NOC3(CCCC3)C2)cnc1-c1cn2c(=O)n(C3CC3)c(C(F)(F)F)cc2n1. The number of pyridine rings is 1. The Labute approximate surface area is 209 Å². The molecule has 37 heavy (non-hydrogen) atoms. The lowest BCUT2D eigenvalue weighted by atomic mass is 9.93. The first kappa shape index (κ1) is 24.1. The summed E-state index contributed by atoms with van der Waals surface area (Å²) in [6, 6.07) is 1.76. The molecular weight excluding hydrogens is 511 g/mol. The Morgan fingerprint density at radius 1 is 1.19 bits per heavy atom. The Balaban J connectivity index is 1.48. The molecule has 0 N–H and O–H groups in total. The maximum absolute atomic E-state index is 13.7. The third-order valence-corrected chi connectivity index (χ3v) is 9.11. The zero-order valence-electron chi connectivity index (χ0n) is 20.0. The van der Waals surface area contributed by atoms with Gasteiger partial charge in [0.05, 0.1) is 16.4 Å². The standard InChI is InChI=1S/C24H24F3N5O4S/c1-2-37(34,35)18-9-14(16-11-23(36-30-16)7-3-4-8-23)12-28-21(18)17-13-31-20(29-17)10-19(24(25,26)27)32(22(31)33)15-5-6-15/h9-10,12-13,15H,2-8,11H2,1H3. The second-order valence-electron chi connectivity index (χ2n) is 9.94. The number of nitrogens with zero attached hydrogens (tertiary/aromatic N) is 5. The molecule has 3 aliphatic rings. The van der Waals surface area contributed by atoms with Gasteiger partial charge in [0.15, 0.2) is 9.84 Å². The van der Waals surface area contributed by atoms with Gasteiger partial charge in [-0.15, -0.1) is 0 Å². The van der Waals surface area contributed by atoms with Gasteiger partial charge in [0.1, 0.15) is 28.3 Å². The highest BCUT2D eigenvalue weighted by molar-refractivity contribution is 7.91. The number of aromatic nitrogens is 4. The Morgan fingerprint density at radius 2 is 1.92 bits per heavy atom. The average Bonchev–Trinajstić information content (AvgIpc) is 3.26. The Kier molecular flexibility index (Phi) is 5.31. The Bertz CT molecular complexity index is 1610. The largest absolute Gasteiger partial charge is 0.431 e. The molecule has 3 aromatic rings. The van der Waals surface area contributed by atoms with Crippen molar-refractivity contribution in [3.8, 4) is 11.4 Å². The van der Waals surface area contributed by atoms with E-state index < -0.39 is 33.4 Å². The molecule has 0 unspecified atom stereocenters. The van der Waals surface area contributed by atoms with E-state index in [-0.39, 0.29) is 33.3 Å². The fourth-order valence-corrected chi connectivity index (χ4v) is 6.30. The zero-order chi connectivity index (χ0) is 26.2. The van der Waals surface area contributed by atoms with E-state index in [1.54, 1.807) is 0 Å². The first-order valence-corrected chi connectivity index (χ1v) is 13.9. The van der Waals surface area contributed by atoms with Crippen LogP contribution < -0.4 is 5.69 Å². The van der Waals surface area contributed by atoms with Gasteiger partial charge in [-0.05, 0) is 44.6 Å². The fraction of sp³-hybridized carbons (Fsp3) is 0.500. The van der Waals surface area contributed by atoms with Crippen molar-refractivity contribution in [1.82, 2.24) is 18.9 Å². The van der Waals surface area contributed by atoms with Crippen LogP contribution in [0.15, 0.2) is 39.4 Å². The molecule has 0 bridgehead atoms. The van der Waals surface area contributed by atoms with E-state index in [2.05, 4.69) is 15.1 Å². The van der Waals surface area contributed by atoms with Crippen LogP contribution in [0.5, 0.6) is 0 Å². The number of hydrogen-bond acceptors (Lipinski definition) is 7. The number of sulfone groups is 1. The minimum absolute atomic E-state index is 0.00535. The summed E-state index contributed by atoms with van der Waals surface area (Å²) in [7, 11) is -3.82. The quantitative estimate of drug-likeness (QED) is 0.486. The third kappa shape index (κ3) is 4.03. The van der Waals surface area contributed by atoms with Crippen molar-refractivity contribution in [3.05, 3.63) is 46.3 Å². The van der Waals surface area contributed by atoms with Gasteiger partial charge in [-0.2, -0.15) is 13.2 Å². The number of halogens is 3. The van der Waals surface area contributed by atoms with E-state index in [1.165, 1.54) is 25.4 Å². The first-order chi connectivity index (χ1) is 17.5. The molecule has 6 rings (SSSR count). The maximum Gasteiger partial charge on any atom is 0.431 e. The van der Waals surface area contributed by atoms with Crippen molar-refractivity contribution >= 4 is 21.2 Å².